The molecule has 1 amide bonds. The van der Waals surface area contributed by atoms with Crippen molar-refractivity contribution in [2.24, 2.45) is 5.73 Å². The molecule has 2 aromatic rings. The molecule has 1 aromatic heterocycles. The Bertz CT molecular complexity index is 622. The number of fused-ring (bicyclic) bond motifs is 1. The van der Waals surface area contributed by atoms with Gasteiger partial charge in [0.2, 0.25) is 5.91 Å². The zero-order chi connectivity index (χ0) is 14.0. The Hall–Kier alpha value is -1.26. The number of halogens is 2. The zero-order valence-corrected chi connectivity index (χ0v) is 12.1. The smallest absolute Gasteiger partial charge is 0.219 e. The minimum Gasteiger partial charge on any atom is -0.370 e. The van der Waals surface area contributed by atoms with Gasteiger partial charge in [-0.05, 0) is 24.6 Å². The first kappa shape index (κ1) is 14.2. The summed E-state index contributed by atoms with van der Waals surface area (Å²) in [6.45, 7) is 2.44. The number of hydrogen-bond acceptors (Lipinski definition) is 2. The van der Waals surface area contributed by atoms with E-state index in [0.29, 0.717) is 23.9 Å². The second kappa shape index (κ2) is 5.80. The number of carbonyl (C=O) groups excluding carboxylic acids is 1. The van der Waals surface area contributed by atoms with E-state index in [4.69, 9.17) is 28.9 Å². The molecule has 1 aromatic carbocycles. The summed E-state index contributed by atoms with van der Waals surface area (Å²) in [4.78, 5) is 15.5. The molecule has 102 valence electrons. The number of rotatable bonds is 5. The van der Waals surface area contributed by atoms with Crippen LogP contribution in [-0.4, -0.2) is 21.3 Å². The van der Waals surface area contributed by atoms with Crippen LogP contribution in [0.4, 0.5) is 0 Å². The van der Waals surface area contributed by atoms with E-state index in [9.17, 15) is 4.79 Å². The molecule has 4 nitrogen and oxygen atoms in total. The van der Waals surface area contributed by atoms with E-state index in [-0.39, 0.29) is 12.3 Å². The maximum Gasteiger partial charge on any atom is 0.219 e. The molecule has 2 N–H and O–H groups in total. The Morgan fingerprint density at radius 1 is 1.47 bits per heavy atom. The topological polar surface area (TPSA) is 60.9 Å². The predicted octanol–water partition coefficient (Wildman–Crippen LogP) is 2.65. The molecular formula is C13H15Cl2N3O. The highest BCUT2D eigenvalue weighted by Crippen LogP contribution is 2.26. The number of aromatic nitrogens is 2. The molecule has 2 rings (SSSR count). The number of carbonyl (C=O) groups is 1. The molecule has 0 fully saturated rings. The maximum atomic E-state index is 11.0. The van der Waals surface area contributed by atoms with Gasteiger partial charge in [0.15, 0.2) is 0 Å². The summed E-state index contributed by atoms with van der Waals surface area (Å²) in [7, 11) is 0. The summed E-state index contributed by atoms with van der Waals surface area (Å²) in [6.07, 6.45) is 0.915. The first-order chi connectivity index (χ1) is 9.04. The number of amides is 1. The molecule has 0 unspecified atom stereocenters. The van der Waals surface area contributed by atoms with Crippen molar-refractivity contribution in [3.8, 4) is 0 Å². The predicted molar refractivity (Wildman–Crippen MR) is 77.7 cm³/mol. The van der Waals surface area contributed by atoms with Crippen LogP contribution in [0.1, 0.15) is 17.8 Å². The number of nitrogens with two attached hydrogens (primary N) is 1. The van der Waals surface area contributed by atoms with Crippen molar-refractivity contribution in [2.45, 2.75) is 26.3 Å². The van der Waals surface area contributed by atoms with Crippen molar-refractivity contribution in [2.75, 3.05) is 5.88 Å². The molecule has 19 heavy (non-hydrogen) atoms. The van der Waals surface area contributed by atoms with Crippen molar-refractivity contribution < 1.29 is 4.79 Å². The minimum absolute atomic E-state index is 0.271. The van der Waals surface area contributed by atoms with Gasteiger partial charge in [-0.2, -0.15) is 0 Å². The lowest BCUT2D eigenvalue weighted by atomic mass is 10.2. The lowest BCUT2D eigenvalue weighted by Gasteiger charge is -2.09. The number of primary amides is 1. The van der Waals surface area contributed by atoms with Crippen molar-refractivity contribution in [3.05, 3.63) is 28.5 Å². The molecule has 0 aliphatic heterocycles. The monoisotopic (exact) mass is 299 g/mol. The molecule has 0 saturated carbocycles. The number of alkyl halides is 1. The van der Waals surface area contributed by atoms with Crippen molar-refractivity contribution >= 4 is 40.1 Å². The fraction of sp³-hybridized carbons (Fsp3) is 0.385. The summed E-state index contributed by atoms with van der Waals surface area (Å²) in [5, 5.41) is 0.685. The van der Waals surface area contributed by atoms with Crippen LogP contribution in [0.15, 0.2) is 12.1 Å². The van der Waals surface area contributed by atoms with Gasteiger partial charge in [-0.15, -0.1) is 11.6 Å². The first-order valence-corrected chi connectivity index (χ1v) is 6.94. The standard InChI is InChI=1S/C13H15Cl2N3O/c1-8-9(15)2-3-10-13(8)18(7-5-11(16)19)12(17-10)4-6-14/h2-3H,4-7H2,1H3,(H2,16,19). The van der Waals surface area contributed by atoms with Gasteiger partial charge >= 0.3 is 0 Å². The molecule has 0 radical (unpaired) electrons. The number of imidazole rings is 1. The quantitative estimate of drug-likeness (QED) is 0.863. The minimum atomic E-state index is -0.335. The largest absolute Gasteiger partial charge is 0.370 e. The van der Waals surface area contributed by atoms with E-state index in [1.807, 2.05) is 23.6 Å². The lowest BCUT2D eigenvalue weighted by Crippen LogP contribution is -2.15. The summed E-state index contributed by atoms with van der Waals surface area (Å²) in [6, 6.07) is 3.71. The number of nitrogens with zero attached hydrogens (tertiary/aromatic N) is 2. The van der Waals surface area contributed by atoms with E-state index in [2.05, 4.69) is 4.98 Å². The van der Waals surface area contributed by atoms with Crippen LogP contribution in [-0.2, 0) is 17.8 Å². The Labute approximate surface area is 121 Å². The third-order valence-corrected chi connectivity index (χ3v) is 3.67. The molecule has 0 atom stereocenters. The van der Waals surface area contributed by atoms with Crippen LogP contribution in [0.5, 0.6) is 0 Å². The molecule has 0 aliphatic carbocycles. The highest BCUT2D eigenvalue weighted by atomic mass is 35.5. The van der Waals surface area contributed by atoms with Gasteiger partial charge in [0.05, 0.1) is 11.0 Å². The fourth-order valence-corrected chi connectivity index (χ4v) is 2.48. The molecule has 0 spiro atoms. The fourth-order valence-electron chi connectivity index (χ4n) is 2.16. The van der Waals surface area contributed by atoms with Gasteiger partial charge in [0.25, 0.3) is 0 Å². The number of hydrogen-bond donors (Lipinski definition) is 1. The van der Waals surface area contributed by atoms with Crippen molar-refractivity contribution in [1.29, 1.82) is 0 Å². The van der Waals surface area contributed by atoms with Crippen LogP contribution >= 0.6 is 23.2 Å². The Morgan fingerprint density at radius 2 is 2.21 bits per heavy atom. The third-order valence-electron chi connectivity index (χ3n) is 3.07. The zero-order valence-electron chi connectivity index (χ0n) is 10.6. The maximum absolute atomic E-state index is 11.0. The average Bonchev–Trinajstić information content (AvgIpc) is 2.70. The molecular weight excluding hydrogens is 285 g/mol. The van der Waals surface area contributed by atoms with Crippen molar-refractivity contribution in [1.82, 2.24) is 9.55 Å². The molecule has 6 heteroatoms. The second-order valence-electron chi connectivity index (χ2n) is 4.38. The summed E-state index contributed by atoms with van der Waals surface area (Å²) in [5.74, 6) is 1.00. The Balaban J connectivity index is 2.56. The van der Waals surface area contributed by atoms with E-state index >= 15 is 0 Å². The summed E-state index contributed by atoms with van der Waals surface area (Å²) >= 11 is 11.9. The SMILES string of the molecule is Cc1c(Cl)ccc2nc(CCCl)n(CCC(N)=O)c12. The molecule has 0 bridgehead atoms. The van der Waals surface area contributed by atoms with Gasteiger partial charge in [-0.25, -0.2) is 4.98 Å². The second-order valence-corrected chi connectivity index (χ2v) is 5.16. The van der Waals surface area contributed by atoms with E-state index in [1.54, 1.807) is 0 Å². The summed E-state index contributed by atoms with van der Waals surface area (Å²) < 4.78 is 1.99. The normalized spacial score (nSPS) is 11.1. The van der Waals surface area contributed by atoms with Gasteiger partial charge in [-0.1, -0.05) is 11.6 Å². The van der Waals surface area contributed by atoms with E-state index in [1.165, 1.54) is 0 Å². The average molecular weight is 300 g/mol. The van der Waals surface area contributed by atoms with E-state index < -0.39 is 0 Å². The van der Waals surface area contributed by atoms with Gasteiger partial charge in [0, 0.05) is 30.3 Å². The Morgan fingerprint density at radius 3 is 2.84 bits per heavy atom. The molecule has 0 aliphatic rings. The lowest BCUT2D eigenvalue weighted by molar-refractivity contribution is -0.118. The van der Waals surface area contributed by atoms with Crippen LogP contribution in [0.25, 0.3) is 11.0 Å². The van der Waals surface area contributed by atoms with Gasteiger partial charge in [0.1, 0.15) is 5.82 Å². The number of aryl methyl sites for hydroxylation is 3. The van der Waals surface area contributed by atoms with Crippen LogP contribution in [0.2, 0.25) is 5.02 Å². The number of benzene rings is 1. The molecule has 0 saturated heterocycles. The van der Waals surface area contributed by atoms with Crippen molar-refractivity contribution in [3.63, 3.8) is 0 Å². The summed E-state index contributed by atoms with van der Waals surface area (Å²) in [5.41, 5.74) is 8.00. The highest BCUT2D eigenvalue weighted by Gasteiger charge is 2.14. The third kappa shape index (κ3) is 2.85. The van der Waals surface area contributed by atoms with Crippen LogP contribution in [0.3, 0.4) is 0 Å². The van der Waals surface area contributed by atoms with Gasteiger partial charge < -0.3 is 10.3 Å². The van der Waals surface area contributed by atoms with Crippen LogP contribution < -0.4 is 5.73 Å². The molecule has 1 heterocycles. The first-order valence-electron chi connectivity index (χ1n) is 6.03. The van der Waals surface area contributed by atoms with Gasteiger partial charge in [-0.3, -0.25) is 4.79 Å². The van der Waals surface area contributed by atoms with Crippen LogP contribution in [0, 0.1) is 6.92 Å². The Kier molecular flexibility index (Phi) is 4.32. The highest BCUT2D eigenvalue weighted by molar-refractivity contribution is 6.32. The van der Waals surface area contributed by atoms with E-state index in [0.717, 1.165) is 22.4 Å².